The smallest absolute Gasteiger partial charge is 0.362 e. The second-order valence-corrected chi connectivity index (χ2v) is 10.3. The van der Waals surface area contributed by atoms with Crippen LogP contribution in [0.3, 0.4) is 0 Å². The van der Waals surface area contributed by atoms with Crippen molar-refractivity contribution in [1.82, 2.24) is 0 Å². The highest BCUT2D eigenvalue weighted by Gasteiger charge is 2.38. The molecule has 0 aromatic heterocycles. The van der Waals surface area contributed by atoms with Gasteiger partial charge in [0.2, 0.25) is 0 Å². The number of benzene rings is 4. The zero-order valence-electron chi connectivity index (χ0n) is 20.2. The third kappa shape index (κ3) is 4.19. The molecule has 0 radical (unpaired) electrons. The minimum atomic E-state index is -3.73. The first-order valence-corrected chi connectivity index (χ1v) is 13.4. The van der Waals surface area contributed by atoms with Crippen LogP contribution in [0.1, 0.15) is 25.0 Å². The van der Waals surface area contributed by atoms with E-state index < -0.39 is 7.60 Å². The van der Waals surface area contributed by atoms with Crippen molar-refractivity contribution in [2.45, 2.75) is 27.1 Å². The van der Waals surface area contributed by atoms with Gasteiger partial charge in [0.25, 0.3) is 0 Å². The van der Waals surface area contributed by atoms with Gasteiger partial charge in [-0.3, -0.25) is 4.57 Å². The van der Waals surface area contributed by atoms with Gasteiger partial charge in [-0.05, 0) is 53.4 Å². The molecule has 1 aliphatic rings. The molecule has 0 bridgehead atoms. The van der Waals surface area contributed by atoms with E-state index in [0.717, 1.165) is 44.2 Å². The molecule has 1 aliphatic heterocycles. The Morgan fingerprint density at radius 2 is 1.57 bits per heavy atom. The molecule has 0 saturated carbocycles. The van der Waals surface area contributed by atoms with Gasteiger partial charge >= 0.3 is 7.60 Å². The average Bonchev–Trinajstić information content (AvgIpc) is 3.36. The Labute approximate surface area is 206 Å². The fourth-order valence-electron chi connectivity index (χ4n) is 4.92. The quantitative estimate of drug-likeness (QED) is 0.248. The Morgan fingerprint density at radius 1 is 0.857 bits per heavy atom. The zero-order chi connectivity index (χ0) is 24.4. The van der Waals surface area contributed by atoms with E-state index in [4.69, 9.17) is 18.5 Å². The van der Waals surface area contributed by atoms with Gasteiger partial charge in [-0.1, -0.05) is 60.7 Å². The molecule has 0 N–H and O–H groups in total. The van der Waals surface area contributed by atoms with E-state index in [-0.39, 0.29) is 13.2 Å². The van der Waals surface area contributed by atoms with E-state index in [9.17, 15) is 4.57 Å². The lowest BCUT2D eigenvalue weighted by Gasteiger charge is -2.26. The summed E-state index contributed by atoms with van der Waals surface area (Å²) >= 11 is 0. The van der Waals surface area contributed by atoms with Crippen molar-refractivity contribution < 1.29 is 23.1 Å². The first kappa shape index (κ1) is 23.8. The molecule has 0 amide bonds. The molecule has 5 nitrogen and oxygen atoms in total. The number of ether oxygens (including phenoxy) is 2. The topological polar surface area (TPSA) is 54.0 Å². The van der Waals surface area contributed by atoms with Crippen molar-refractivity contribution in [1.29, 1.82) is 0 Å². The van der Waals surface area contributed by atoms with Crippen molar-refractivity contribution in [2.24, 2.45) is 0 Å². The summed E-state index contributed by atoms with van der Waals surface area (Å²) in [5.41, 5.74) is 5.55. The summed E-state index contributed by atoms with van der Waals surface area (Å²) < 4.78 is 38.3. The Balaban J connectivity index is 1.98. The Morgan fingerprint density at radius 3 is 2.29 bits per heavy atom. The van der Waals surface area contributed by atoms with Crippen LogP contribution in [0, 0.1) is 0 Å². The number of rotatable bonds is 8. The summed E-state index contributed by atoms with van der Waals surface area (Å²) in [7, 11) is -2.07. The maximum atomic E-state index is 14.6. The van der Waals surface area contributed by atoms with Crippen LogP contribution < -0.4 is 10.0 Å². The molecule has 180 valence electrons. The molecule has 4 aromatic carbocycles. The molecule has 0 spiro atoms. The largest absolute Gasteiger partial charge is 0.496 e. The van der Waals surface area contributed by atoms with Crippen LogP contribution in [0.4, 0.5) is 0 Å². The lowest BCUT2D eigenvalue weighted by Crippen LogP contribution is -2.19. The second kappa shape index (κ2) is 9.96. The summed E-state index contributed by atoms with van der Waals surface area (Å²) in [5, 5.41) is 2.63. The summed E-state index contributed by atoms with van der Waals surface area (Å²) in [5.74, 6) is 0.697. The lowest BCUT2D eigenvalue weighted by atomic mass is 9.89. The predicted molar refractivity (Wildman–Crippen MR) is 140 cm³/mol. The predicted octanol–water partition coefficient (Wildman–Crippen LogP) is 7.10. The minimum Gasteiger partial charge on any atom is -0.496 e. The van der Waals surface area contributed by atoms with Crippen LogP contribution in [-0.2, 0) is 31.6 Å². The highest BCUT2D eigenvalue weighted by Crippen LogP contribution is 2.55. The molecule has 0 saturated heterocycles. The van der Waals surface area contributed by atoms with Crippen LogP contribution in [0.15, 0.2) is 72.8 Å². The molecule has 4 aromatic rings. The van der Waals surface area contributed by atoms with Crippen molar-refractivity contribution in [3.05, 3.63) is 83.9 Å². The molecule has 6 heteroatoms. The molecular weight excluding hydrogens is 459 g/mol. The van der Waals surface area contributed by atoms with E-state index in [2.05, 4.69) is 18.2 Å². The number of methoxy groups -OCH3 is 1. The Hall–Kier alpha value is -2.95. The molecular formula is C29H29O5P. The summed E-state index contributed by atoms with van der Waals surface area (Å²) in [6.45, 7) is 5.11. The maximum absolute atomic E-state index is 14.6. The SMILES string of the molecule is CCOP(=O)(OCC)c1c(-c2c(OC)ccc3ccccc23)cc2c(c1-c1ccccc1)COC2. The molecule has 0 atom stereocenters. The Kier molecular flexibility index (Phi) is 6.77. The molecule has 0 fully saturated rings. The van der Waals surface area contributed by atoms with Crippen molar-refractivity contribution in [3.63, 3.8) is 0 Å². The van der Waals surface area contributed by atoms with Gasteiger partial charge in [0.1, 0.15) is 5.75 Å². The van der Waals surface area contributed by atoms with Gasteiger partial charge in [-0.2, -0.15) is 0 Å². The van der Waals surface area contributed by atoms with E-state index >= 15 is 0 Å². The van der Waals surface area contributed by atoms with Gasteiger partial charge in [0, 0.05) is 16.7 Å². The molecule has 0 aliphatic carbocycles. The van der Waals surface area contributed by atoms with E-state index in [1.54, 1.807) is 7.11 Å². The van der Waals surface area contributed by atoms with Crippen LogP contribution in [0.2, 0.25) is 0 Å². The van der Waals surface area contributed by atoms with Gasteiger partial charge in [0.05, 0.1) is 38.8 Å². The van der Waals surface area contributed by atoms with E-state index in [1.165, 1.54) is 0 Å². The molecule has 35 heavy (non-hydrogen) atoms. The van der Waals surface area contributed by atoms with Crippen molar-refractivity contribution in [3.8, 4) is 28.0 Å². The normalized spacial score (nSPS) is 13.2. The number of fused-ring (bicyclic) bond motifs is 2. The molecule has 5 rings (SSSR count). The maximum Gasteiger partial charge on any atom is 0.362 e. The number of hydrogen-bond donors (Lipinski definition) is 0. The fraction of sp³-hybridized carbons (Fsp3) is 0.241. The van der Waals surface area contributed by atoms with Crippen LogP contribution in [-0.4, -0.2) is 20.3 Å². The van der Waals surface area contributed by atoms with E-state index in [1.807, 2.05) is 68.4 Å². The number of hydrogen-bond acceptors (Lipinski definition) is 5. The minimum absolute atomic E-state index is 0.255. The summed E-state index contributed by atoms with van der Waals surface area (Å²) in [6.07, 6.45) is 0. The fourth-order valence-corrected chi connectivity index (χ4v) is 6.94. The van der Waals surface area contributed by atoms with Crippen LogP contribution in [0.25, 0.3) is 33.0 Å². The van der Waals surface area contributed by atoms with Crippen LogP contribution in [0.5, 0.6) is 5.75 Å². The van der Waals surface area contributed by atoms with Crippen molar-refractivity contribution >= 4 is 23.7 Å². The molecule has 0 unspecified atom stereocenters. The third-order valence-corrected chi connectivity index (χ3v) is 8.53. The Bertz CT molecular complexity index is 1400. The third-order valence-electron chi connectivity index (χ3n) is 6.32. The van der Waals surface area contributed by atoms with Crippen molar-refractivity contribution in [2.75, 3.05) is 20.3 Å². The average molecular weight is 489 g/mol. The highest BCUT2D eigenvalue weighted by molar-refractivity contribution is 7.63. The standard InChI is InChI=1S/C29H29O5P/c1-4-33-35(30,34-5-2)29-24(28-23-14-10-9-11-20(23)15-16-26(28)31-3)17-22-18-32-19-25(22)27(29)21-12-7-6-8-13-21/h6-17H,4-5,18-19H2,1-3H3. The van der Waals surface area contributed by atoms with E-state index in [0.29, 0.717) is 24.3 Å². The monoisotopic (exact) mass is 488 g/mol. The van der Waals surface area contributed by atoms with Gasteiger partial charge in [-0.15, -0.1) is 0 Å². The van der Waals surface area contributed by atoms with Gasteiger partial charge in [0.15, 0.2) is 0 Å². The first-order valence-electron chi connectivity index (χ1n) is 11.9. The first-order chi connectivity index (χ1) is 17.1. The summed E-state index contributed by atoms with van der Waals surface area (Å²) in [6, 6.07) is 24.2. The van der Waals surface area contributed by atoms with Gasteiger partial charge in [-0.25, -0.2) is 0 Å². The lowest BCUT2D eigenvalue weighted by molar-refractivity contribution is 0.134. The van der Waals surface area contributed by atoms with Gasteiger partial charge < -0.3 is 18.5 Å². The summed E-state index contributed by atoms with van der Waals surface area (Å²) in [4.78, 5) is 0. The highest BCUT2D eigenvalue weighted by atomic mass is 31.2. The zero-order valence-corrected chi connectivity index (χ0v) is 21.1. The van der Waals surface area contributed by atoms with Crippen LogP contribution >= 0.6 is 7.60 Å². The second-order valence-electron chi connectivity index (χ2n) is 8.34. The molecule has 1 heterocycles.